The molecule has 8 heteroatoms. The zero-order chi connectivity index (χ0) is 14.5. The zero-order valence-corrected chi connectivity index (χ0v) is 12.1. The standard InChI is InChI=1S/C12H19N7O/c1-8(2)20-12-16-10(13-3)15-11(17-12)14-7-9-5-6-19(4)18-9/h5-6,8H,7H2,1-4H3,(H2,13,14,15,16,17). The molecule has 2 rings (SSSR count). The van der Waals surface area contributed by atoms with Crippen LogP contribution in [0.1, 0.15) is 19.5 Å². The van der Waals surface area contributed by atoms with Crippen LogP contribution >= 0.6 is 0 Å². The van der Waals surface area contributed by atoms with Crippen molar-refractivity contribution in [2.24, 2.45) is 7.05 Å². The summed E-state index contributed by atoms with van der Waals surface area (Å²) in [5.41, 5.74) is 0.908. The first kappa shape index (κ1) is 14.0. The summed E-state index contributed by atoms with van der Waals surface area (Å²) in [6.45, 7) is 4.38. The Balaban J connectivity index is 2.09. The van der Waals surface area contributed by atoms with Gasteiger partial charge in [0, 0.05) is 20.3 Å². The van der Waals surface area contributed by atoms with Gasteiger partial charge in [-0.15, -0.1) is 0 Å². The number of rotatable bonds is 6. The Morgan fingerprint density at radius 2 is 2.00 bits per heavy atom. The minimum Gasteiger partial charge on any atom is -0.461 e. The van der Waals surface area contributed by atoms with Gasteiger partial charge in [-0.3, -0.25) is 4.68 Å². The summed E-state index contributed by atoms with van der Waals surface area (Å²) >= 11 is 0. The van der Waals surface area contributed by atoms with Crippen molar-refractivity contribution in [3.8, 4) is 6.01 Å². The normalized spacial score (nSPS) is 10.7. The first-order chi connectivity index (χ1) is 9.56. The number of nitrogens with one attached hydrogen (secondary N) is 2. The quantitative estimate of drug-likeness (QED) is 0.815. The molecule has 0 saturated heterocycles. The van der Waals surface area contributed by atoms with E-state index in [2.05, 4.69) is 30.7 Å². The molecule has 0 amide bonds. The van der Waals surface area contributed by atoms with Crippen LogP contribution in [0, 0.1) is 0 Å². The summed E-state index contributed by atoms with van der Waals surface area (Å²) < 4.78 is 7.24. The first-order valence-corrected chi connectivity index (χ1v) is 6.39. The predicted molar refractivity (Wildman–Crippen MR) is 75.7 cm³/mol. The van der Waals surface area contributed by atoms with E-state index in [-0.39, 0.29) is 6.10 Å². The monoisotopic (exact) mass is 277 g/mol. The molecule has 0 aliphatic heterocycles. The number of aromatic nitrogens is 5. The maximum absolute atomic E-state index is 5.49. The fourth-order valence-corrected chi connectivity index (χ4v) is 1.54. The number of nitrogens with zero attached hydrogens (tertiary/aromatic N) is 5. The van der Waals surface area contributed by atoms with Crippen LogP contribution < -0.4 is 15.4 Å². The van der Waals surface area contributed by atoms with Crippen LogP contribution in [0.5, 0.6) is 6.01 Å². The number of anilines is 2. The van der Waals surface area contributed by atoms with Crippen molar-refractivity contribution >= 4 is 11.9 Å². The van der Waals surface area contributed by atoms with E-state index in [1.54, 1.807) is 11.7 Å². The van der Waals surface area contributed by atoms with Crippen molar-refractivity contribution in [1.82, 2.24) is 24.7 Å². The smallest absolute Gasteiger partial charge is 0.323 e. The molecule has 0 aromatic carbocycles. The molecule has 20 heavy (non-hydrogen) atoms. The average molecular weight is 277 g/mol. The fourth-order valence-electron chi connectivity index (χ4n) is 1.54. The Labute approximate surface area is 117 Å². The molecule has 0 fully saturated rings. The largest absolute Gasteiger partial charge is 0.461 e. The Hall–Kier alpha value is -2.38. The Morgan fingerprint density at radius 1 is 1.25 bits per heavy atom. The summed E-state index contributed by atoms with van der Waals surface area (Å²) in [5.74, 6) is 0.907. The lowest BCUT2D eigenvalue weighted by atomic mass is 10.4. The third kappa shape index (κ3) is 3.81. The van der Waals surface area contributed by atoms with Gasteiger partial charge < -0.3 is 15.4 Å². The summed E-state index contributed by atoms with van der Waals surface area (Å²) in [6, 6.07) is 2.22. The summed E-state index contributed by atoms with van der Waals surface area (Å²) in [5, 5.41) is 10.3. The van der Waals surface area contributed by atoms with Crippen LogP contribution in [-0.2, 0) is 13.6 Å². The molecule has 0 unspecified atom stereocenters. The molecule has 0 atom stereocenters. The molecule has 0 spiro atoms. The average Bonchev–Trinajstić information content (AvgIpc) is 2.81. The van der Waals surface area contributed by atoms with Crippen molar-refractivity contribution < 1.29 is 4.74 Å². The van der Waals surface area contributed by atoms with E-state index in [1.165, 1.54) is 0 Å². The summed E-state index contributed by atoms with van der Waals surface area (Å²) in [6.07, 6.45) is 1.89. The first-order valence-electron chi connectivity index (χ1n) is 6.39. The molecule has 0 aliphatic rings. The van der Waals surface area contributed by atoms with Crippen molar-refractivity contribution in [2.45, 2.75) is 26.5 Å². The van der Waals surface area contributed by atoms with E-state index in [9.17, 15) is 0 Å². The summed E-state index contributed by atoms with van der Waals surface area (Å²) in [4.78, 5) is 12.6. The van der Waals surface area contributed by atoms with Crippen molar-refractivity contribution in [2.75, 3.05) is 17.7 Å². The maximum atomic E-state index is 5.49. The van der Waals surface area contributed by atoms with Gasteiger partial charge in [0.1, 0.15) is 0 Å². The molecule has 0 bridgehead atoms. The van der Waals surface area contributed by atoms with E-state index >= 15 is 0 Å². The van der Waals surface area contributed by atoms with E-state index in [1.807, 2.05) is 33.2 Å². The van der Waals surface area contributed by atoms with E-state index in [0.717, 1.165) is 5.69 Å². The van der Waals surface area contributed by atoms with Gasteiger partial charge in [0.2, 0.25) is 11.9 Å². The predicted octanol–water partition coefficient (Wildman–Crippen LogP) is 1.05. The van der Waals surface area contributed by atoms with Crippen LogP contribution in [0.4, 0.5) is 11.9 Å². The molecule has 0 saturated carbocycles. The molecule has 0 radical (unpaired) electrons. The highest BCUT2D eigenvalue weighted by Gasteiger charge is 2.08. The van der Waals surface area contributed by atoms with Crippen LogP contribution in [0.3, 0.4) is 0 Å². The van der Waals surface area contributed by atoms with Crippen LogP contribution in [-0.4, -0.2) is 37.9 Å². The SMILES string of the molecule is CNc1nc(NCc2ccn(C)n2)nc(OC(C)C)n1. The highest BCUT2D eigenvalue weighted by molar-refractivity contribution is 5.35. The van der Waals surface area contributed by atoms with Gasteiger partial charge in [-0.1, -0.05) is 0 Å². The lowest BCUT2D eigenvalue weighted by Gasteiger charge is -2.10. The molecule has 108 valence electrons. The van der Waals surface area contributed by atoms with Gasteiger partial charge in [0.05, 0.1) is 18.3 Å². The van der Waals surface area contributed by atoms with E-state index in [0.29, 0.717) is 24.5 Å². The van der Waals surface area contributed by atoms with Gasteiger partial charge in [0.15, 0.2) is 0 Å². The minimum absolute atomic E-state index is 0.00532. The Bertz CT molecular complexity index is 567. The second-order valence-corrected chi connectivity index (χ2v) is 4.52. The molecule has 2 heterocycles. The molecular weight excluding hydrogens is 258 g/mol. The molecule has 0 aliphatic carbocycles. The zero-order valence-electron chi connectivity index (χ0n) is 12.1. The molecule has 2 N–H and O–H groups in total. The summed E-state index contributed by atoms with van der Waals surface area (Å²) in [7, 11) is 3.62. The highest BCUT2D eigenvalue weighted by atomic mass is 16.5. The lowest BCUT2D eigenvalue weighted by molar-refractivity contribution is 0.222. The number of aryl methyl sites for hydroxylation is 1. The van der Waals surface area contributed by atoms with Gasteiger partial charge in [-0.25, -0.2) is 0 Å². The Kier molecular flexibility index (Phi) is 4.34. The highest BCUT2D eigenvalue weighted by Crippen LogP contribution is 2.12. The molecule has 2 aromatic heterocycles. The number of ether oxygens (including phenoxy) is 1. The van der Waals surface area contributed by atoms with Gasteiger partial charge >= 0.3 is 6.01 Å². The van der Waals surface area contributed by atoms with Gasteiger partial charge in [-0.05, 0) is 19.9 Å². The Morgan fingerprint density at radius 3 is 2.60 bits per heavy atom. The van der Waals surface area contributed by atoms with E-state index in [4.69, 9.17) is 4.74 Å². The van der Waals surface area contributed by atoms with Crippen LogP contribution in [0.15, 0.2) is 12.3 Å². The second-order valence-electron chi connectivity index (χ2n) is 4.52. The molecule has 8 nitrogen and oxygen atoms in total. The molecular formula is C12H19N7O. The van der Waals surface area contributed by atoms with E-state index < -0.39 is 0 Å². The van der Waals surface area contributed by atoms with Gasteiger partial charge in [-0.2, -0.15) is 20.1 Å². The second kappa shape index (κ2) is 6.18. The lowest BCUT2D eigenvalue weighted by Crippen LogP contribution is -2.13. The number of hydrogen-bond acceptors (Lipinski definition) is 7. The van der Waals surface area contributed by atoms with Crippen LogP contribution in [0.25, 0.3) is 0 Å². The van der Waals surface area contributed by atoms with Crippen molar-refractivity contribution in [1.29, 1.82) is 0 Å². The maximum Gasteiger partial charge on any atom is 0.323 e. The fraction of sp³-hybridized carbons (Fsp3) is 0.500. The minimum atomic E-state index is 0.00532. The third-order valence-corrected chi connectivity index (χ3v) is 2.38. The van der Waals surface area contributed by atoms with Crippen LogP contribution in [0.2, 0.25) is 0 Å². The third-order valence-electron chi connectivity index (χ3n) is 2.38. The number of hydrogen-bond donors (Lipinski definition) is 2. The topological polar surface area (TPSA) is 89.8 Å². The van der Waals surface area contributed by atoms with Crippen molar-refractivity contribution in [3.05, 3.63) is 18.0 Å². The van der Waals surface area contributed by atoms with Gasteiger partial charge in [0.25, 0.3) is 0 Å². The molecule has 2 aromatic rings. The van der Waals surface area contributed by atoms with Crippen molar-refractivity contribution in [3.63, 3.8) is 0 Å².